The molecule has 2 aliphatic rings. The van der Waals surface area contributed by atoms with Crippen molar-refractivity contribution < 1.29 is 4.79 Å². The molecule has 3 atom stereocenters. The minimum Gasteiger partial charge on any atom is -0.349 e. The minimum atomic E-state index is 0.0458. The van der Waals surface area contributed by atoms with Crippen molar-refractivity contribution in [3.8, 4) is 0 Å². The highest BCUT2D eigenvalue weighted by Gasteiger charge is 2.39. The zero-order valence-corrected chi connectivity index (χ0v) is 11.8. The van der Waals surface area contributed by atoms with Gasteiger partial charge in [-0.15, -0.1) is 0 Å². The van der Waals surface area contributed by atoms with Gasteiger partial charge in [0.25, 0.3) is 5.91 Å². The summed E-state index contributed by atoms with van der Waals surface area (Å²) in [7, 11) is 0. The molecule has 0 aromatic carbocycles. The molecule has 1 aromatic heterocycles. The molecule has 4 heteroatoms. The highest BCUT2D eigenvalue weighted by molar-refractivity contribution is 5.93. The van der Waals surface area contributed by atoms with Crippen LogP contribution < -0.4 is 5.32 Å². The molecule has 0 aliphatic heterocycles. The summed E-state index contributed by atoms with van der Waals surface area (Å²) in [6.07, 6.45) is 9.97. The van der Waals surface area contributed by atoms with Crippen LogP contribution in [0, 0.1) is 11.8 Å². The van der Waals surface area contributed by atoms with Gasteiger partial charge in [0.15, 0.2) is 0 Å². The third kappa shape index (κ3) is 2.40. The van der Waals surface area contributed by atoms with Crippen molar-refractivity contribution in [3.63, 3.8) is 0 Å². The normalized spacial score (nSPS) is 29.7. The highest BCUT2D eigenvalue weighted by atomic mass is 16.1. The van der Waals surface area contributed by atoms with Gasteiger partial charge in [0, 0.05) is 18.3 Å². The second kappa shape index (κ2) is 4.99. The second-order valence-corrected chi connectivity index (χ2v) is 6.31. The van der Waals surface area contributed by atoms with E-state index in [9.17, 15) is 4.79 Å². The molecule has 0 radical (unpaired) electrons. The van der Waals surface area contributed by atoms with Gasteiger partial charge in [0.2, 0.25) is 0 Å². The monoisotopic (exact) mass is 261 g/mol. The van der Waals surface area contributed by atoms with Gasteiger partial charge >= 0.3 is 0 Å². The van der Waals surface area contributed by atoms with Crippen LogP contribution in [-0.4, -0.2) is 21.7 Å². The molecule has 0 unspecified atom stereocenters. The smallest absolute Gasteiger partial charge is 0.254 e. The van der Waals surface area contributed by atoms with Crippen molar-refractivity contribution in [2.45, 2.75) is 58.0 Å². The molecule has 1 N–H and O–H groups in total. The number of hydrogen-bond acceptors (Lipinski definition) is 2. The Labute approximate surface area is 114 Å². The van der Waals surface area contributed by atoms with Crippen LogP contribution in [0.4, 0.5) is 0 Å². The van der Waals surface area contributed by atoms with Crippen LogP contribution in [0.3, 0.4) is 0 Å². The molecule has 0 saturated heterocycles. The minimum absolute atomic E-state index is 0.0458. The second-order valence-electron chi connectivity index (χ2n) is 6.31. The Bertz CT molecular complexity index is 466. The van der Waals surface area contributed by atoms with Gasteiger partial charge < -0.3 is 5.32 Å². The van der Waals surface area contributed by atoms with Crippen molar-refractivity contribution in [3.05, 3.63) is 18.0 Å². The van der Waals surface area contributed by atoms with E-state index in [1.165, 1.54) is 25.7 Å². The Hall–Kier alpha value is -1.32. The van der Waals surface area contributed by atoms with Crippen LogP contribution in [0.1, 0.15) is 62.4 Å². The number of carbonyl (C=O) groups excluding carboxylic acids is 1. The average Bonchev–Trinajstić information content (AvgIpc) is 3.05. The van der Waals surface area contributed by atoms with Gasteiger partial charge in [-0.25, -0.2) is 0 Å². The van der Waals surface area contributed by atoms with Gasteiger partial charge in [-0.05, 0) is 44.9 Å². The summed E-state index contributed by atoms with van der Waals surface area (Å²) in [5, 5.41) is 7.46. The molecule has 19 heavy (non-hydrogen) atoms. The molecule has 2 aliphatic carbocycles. The van der Waals surface area contributed by atoms with Crippen molar-refractivity contribution in [1.82, 2.24) is 15.1 Å². The molecule has 2 saturated carbocycles. The van der Waals surface area contributed by atoms with E-state index in [2.05, 4.69) is 24.3 Å². The first-order chi connectivity index (χ1) is 9.15. The van der Waals surface area contributed by atoms with Crippen molar-refractivity contribution >= 4 is 5.91 Å². The summed E-state index contributed by atoms with van der Waals surface area (Å²) in [5.41, 5.74) is 0.690. The molecule has 4 nitrogen and oxygen atoms in total. The molecule has 2 fully saturated rings. The molecular formula is C15H23N3O. The van der Waals surface area contributed by atoms with Gasteiger partial charge in [0.1, 0.15) is 0 Å². The lowest BCUT2D eigenvalue weighted by Gasteiger charge is -2.19. The van der Waals surface area contributed by atoms with E-state index >= 15 is 0 Å². The van der Waals surface area contributed by atoms with Crippen LogP contribution in [-0.2, 0) is 0 Å². The Morgan fingerprint density at radius 3 is 2.95 bits per heavy atom. The molecule has 0 spiro atoms. The Morgan fingerprint density at radius 2 is 2.21 bits per heavy atom. The lowest BCUT2D eigenvalue weighted by atomic mass is 9.97. The number of nitrogens with zero attached hydrogens (tertiary/aromatic N) is 2. The van der Waals surface area contributed by atoms with Crippen LogP contribution in [0.5, 0.6) is 0 Å². The van der Waals surface area contributed by atoms with Gasteiger partial charge in [0.05, 0.1) is 11.8 Å². The summed E-state index contributed by atoms with van der Waals surface area (Å²) < 4.78 is 1.84. The summed E-state index contributed by atoms with van der Waals surface area (Å²) in [4.78, 5) is 12.3. The maximum atomic E-state index is 12.3. The first kappa shape index (κ1) is 12.7. The summed E-state index contributed by atoms with van der Waals surface area (Å²) in [5.74, 6) is 1.64. The number of nitrogens with one attached hydrogen (secondary N) is 1. The SMILES string of the molecule is CC(C)n1cc(C(=O)N[C@@H]2CC[C@H]3CCC[C@H]32)cn1. The quantitative estimate of drug-likeness (QED) is 0.909. The van der Waals surface area contributed by atoms with Gasteiger partial charge in [-0.1, -0.05) is 12.8 Å². The lowest BCUT2D eigenvalue weighted by Crippen LogP contribution is -2.37. The molecule has 0 bridgehead atoms. The lowest BCUT2D eigenvalue weighted by molar-refractivity contribution is 0.0926. The van der Waals surface area contributed by atoms with Crippen LogP contribution in [0.2, 0.25) is 0 Å². The van der Waals surface area contributed by atoms with E-state index in [1.807, 2.05) is 10.9 Å². The summed E-state index contributed by atoms with van der Waals surface area (Å²) in [6.45, 7) is 4.13. The van der Waals surface area contributed by atoms with Gasteiger partial charge in [-0.2, -0.15) is 5.10 Å². The third-order valence-electron chi connectivity index (χ3n) is 4.79. The first-order valence-electron chi connectivity index (χ1n) is 7.50. The standard InChI is InChI=1S/C15H23N3O/c1-10(2)18-9-12(8-16-18)15(19)17-14-7-6-11-4-3-5-13(11)14/h8-11,13-14H,3-7H2,1-2H3,(H,17,19)/t11-,13-,14-/m1/s1. The van der Waals surface area contributed by atoms with Crippen molar-refractivity contribution in [2.24, 2.45) is 11.8 Å². The third-order valence-corrected chi connectivity index (χ3v) is 4.79. The molecule has 104 valence electrons. The van der Waals surface area contributed by atoms with E-state index in [1.54, 1.807) is 6.20 Å². The van der Waals surface area contributed by atoms with E-state index in [0.717, 1.165) is 18.3 Å². The largest absolute Gasteiger partial charge is 0.349 e. The van der Waals surface area contributed by atoms with E-state index in [0.29, 0.717) is 17.6 Å². The zero-order valence-electron chi connectivity index (χ0n) is 11.8. The molecule has 1 heterocycles. The number of rotatable bonds is 3. The van der Waals surface area contributed by atoms with E-state index in [-0.39, 0.29) is 5.91 Å². The predicted molar refractivity (Wildman–Crippen MR) is 73.9 cm³/mol. The number of aromatic nitrogens is 2. The fourth-order valence-corrected chi connectivity index (χ4v) is 3.73. The van der Waals surface area contributed by atoms with Crippen molar-refractivity contribution in [2.75, 3.05) is 0 Å². The van der Waals surface area contributed by atoms with Gasteiger partial charge in [-0.3, -0.25) is 9.48 Å². The number of carbonyl (C=O) groups is 1. The predicted octanol–water partition coefficient (Wildman–Crippen LogP) is 2.77. The Morgan fingerprint density at radius 1 is 1.37 bits per heavy atom. The van der Waals surface area contributed by atoms with E-state index in [4.69, 9.17) is 0 Å². The van der Waals surface area contributed by atoms with Crippen LogP contribution in [0.25, 0.3) is 0 Å². The Balaban J connectivity index is 1.64. The molecule has 3 rings (SSSR count). The summed E-state index contributed by atoms with van der Waals surface area (Å²) in [6, 6.07) is 0.689. The molecular weight excluding hydrogens is 238 g/mol. The number of fused-ring (bicyclic) bond motifs is 1. The van der Waals surface area contributed by atoms with Crippen LogP contribution >= 0.6 is 0 Å². The average molecular weight is 261 g/mol. The molecule has 1 aromatic rings. The molecule has 1 amide bonds. The maximum Gasteiger partial charge on any atom is 0.254 e. The number of amides is 1. The Kier molecular flexibility index (Phi) is 3.33. The number of hydrogen-bond donors (Lipinski definition) is 1. The topological polar surface area (TPSA) is 46.9 Å². The zero-order chi connectivity index (χ0) is 13.4. The van der Waals surface area contributed by atoms with Crippen molar-refractivity contribution in [1.29, 1.82) is 0 Å². The fraction of sp³-hybridized carbons (Fsp3) is 0.733. The summed E-state index contributed by atoms with van der Waals surface area (Å²) >= 11 is 0. The van der Waals surface area contributed by atoms with Crippen LogP contribution in [0.15, 0.2) is 12.4 Å². The maximum absolute atomic E-state index is 12.3. The van der Waals surface area contributed by atoms with E-state index < -0.39 is 0 Å². The highest BCUT2D eigenvalue weighted by Crippen LogP contribution is 2.43. The first-order valence-corrected chi connectivity index (χ1v) is 7.50. The fourth-order valence-electron chi connectivity index (χ4n) is 3.73.